The Labute approximate surface area is 113 Å². The third-order valence-corrected chi connectivity index (χ3v) is 2.63. The molecule has 0 bridgehead atoms. The molecule has 0 saturated heterocycles. The van der Waals surface area contributed by atoms with Crippen molar-refractivity contribution in [2.75, 3.05) is 13.1 Å². The first kappa shape index (κ1) is 15.0. The fraction of sp³-hybridized carbons (Fsp3) is 0.429. The lowest BCUT2D eigenvalue weighted by Crippen LogP contribution is -2.37. The predicted molar refractivity (Wildman–Crippen MR) is 73.2 cm³/mol. The molecule has 0 aliphatic rings. The summed E-state index contributed by atoms with van der Waals surface area (Å²) in [5, 5.41) is 13.8. The lowest BCUT2D eigenvalue weighted by atomic mass is 10.1. The van der Waals surface area contributed by atoms with Gasteiger partial charge in [0.25, 0.3) is 0 Å². The van der Waals surface area contributed by atoms with Crippen molar-refractivity contribution >= 4 is 12.0 Å². The van der Waals surface area contributed by atoms with Crippen LogP contribution in [0.25, 0.3) is 0 Å². The van der Waals surface area contributed by atoms with Gasteiger partial charge in [0.05, 0.1) is 0 Å². The highest BCUT2D eigenvalue weighted by molar-refractivity contribution is 5.73. The minimum absolute atomic E-state index is 0.0730. The van der Waals surface area contributed by atoms with E-state index in [-0.39, 0.29) is 12.5 Å². The summed E-state index contributed by atoms with van der Waals surface area (Å²) in [5.74, 6) is -0.846. The van der Waals surface area contributed by atoms with E-state index in [9.17, 15) is 9.59 Å². The number of aliphatic carboxylic acids is 1. The number of carbonyl (C=O) groups excluding carboxylic acids is 1. The van der Waals surface area contributed by atoms with E-state index in [0.29, 0.717) is 19.5 Å². The normalized spacial score (nSPS) is 9.95. The molecule has 1 aromatic carbocycles. The van der Waals surface area contributed by atoms with E-state index >= 15 is 0 Å². The number of carbonyl (C=O) groups is 2. The van der Waals surface area contributed by atoms with Crippen molar-refractivity contribution in [2.45, 2.75) is 26.2 Å². The highest BCUT2D eigenvalue weighted by Crippen LogP contribution is 2.03. The Hall–Kier alpha value is -2.04. The van der Waals surface area contributed by atoms with Gasteiger partial charge >= 0.3 is 12.0 Å². The molecule has 0 aliphatic heterocycles. The fourth-order valence-electron chi connectivity index (χ4n) is 1.69. The first-order valence-electron chi connectivity index (χ1n) is 6.37. The molecule has 5 heteroatoms. The van der Waals surface area contributed by atoms with E-state index in [1.807, 2.05) is 25.1 Å². The van der Waals surface area contributed by atoms with Crippen molar-refractivity contribution in [3.05, 3.63) is 35.4 Å². The minimum Gasteiger partial charge on any atom is -0.481 e. The van der Waals surface area contributed by atoms with E-state index < -0.39 is 5.97 Å². The average Bonchev–Trinajstić information content (AvgIpc) is 2.34. The molecule has 0 saturated carbocycles. The van der Waals surface area contributed by atoms with Crippen LogP contribution in [0.1, 0.15) is 24.0 Å². The van der Waals surface area contributed by atoms with E-state index in [0.717, 1.165) is 6.42 Å². The highest BCUT2D eigenvalue weighted by atomic mass is 16.4. The zero-order chi connectivity index (χ0) is 14.1. The van der Waals surface area contributed by atoms with Crippen LogP contribution in [-0.4, -0.2) is 30.2 Å². The molecule has 0 heterocycles. The van der Waals surface area contributed by atoms with Crippen LogP contribution in [0.4, 0.5) is 4.79 Å². The lowest BCUT2D eigenvalue weighted by molar-refractivity contribution is -0.137. The van der Waals surface area contributed by atoms with Crippen molar-refractivity contribution in [1.82, 2.24) is 10.6 Å². The summed E-state index contributed by atoms with van der Waals surface area (Å²) in [6.07, 6.45) is 1.30. The standard InChI is InChI=1S/C14H20N2O3/c1-11-4-2-5-12(10-11)7-9-16-14(19)15-8-3-6-13(17)18/h2,4-5,10H,3,6-9H2,1H3,(H,17,18)(H2,15,16,19). The molecule has 1 rings (SSSR count). The smallest absolute Gasteiger partial charge is 0.314 e. The number of carboxylic acid groups (broad SMARTS) is 1. The van der Waals surface area contributed by atoms with Crippen molar-refractivity contribution in [2.24, 2.45) is 0 Å². The number of aryl methyl sites for hydroxylation is 1. The number of rotatable bonds is 7. The van der Waals surface area contributed by atoms with Gasteiger partial charge in [0.1, 0.15) is 0 Å². The molecule has 104 valence electrons. The number of nitrogens with one attached hydrogen (secondary N) is 2. The van der Waals surface area contributed by atoms with E-state index in [1.165, 1.54) is 11.1 Å². The Morgan fingerprint density at radius 1 is 1.21 bits per heavy atom. The van der Waals surface area contributed by atoms with Gasteiger partial charge in [0.15, 0.2) is 0 Å². The Bertz CT molecular complexity index is 432. The molecule has 0 spiro atoms. The average molecular weight is 264 g/mol. The minimum atomic E-state index is -0.846. The number of urea groups is 1. The van der Waals surface area contributed by atoms with E-state index in [4.69, 9.17) is 5.11 Å². The fourth-order valence-corrected chi connectivity index (χ4v) is 1.69. The largest absolute Gasteiger partial charge is 0.481 e. The van der Waals surface area contributed by atoms with Gasteiger partial charge in [-0.1, -0.05) is 29.8 Å². The van der Waals surface area contributed by atoms with Crippen LogP contribution in [0.3, 0.4) is 0 Å². The van der Waals surface area contributed by atoms with E-state index in [1.54, 1.807) is 0 Å². The maximum absolute atomic E-state index is 11.4. The lowest BCUT2D eigenvalue weighted by Gasteiger charge is -2.07. The summed E-state index contributed by atoms with van der Waals surface area (Å²) in [5.41, 5.74) is 2.39. The molecule has 2 amide bonds. The van der Waals surface area contributed by atoms with Crippen molar-refractivity contribution in [3.63, 3.8) is 0 Å². The highest BCUT2D eigenvalue weighted by Gasteiger charge is 2.01. The summed E-state index contributed by atoms with van der Waals surface area (Å²) < 4.78 is 0. The molecule has 5 nitrogen and oxygen atoms in total. The Morgan fingerprint density at radius 2 is 1.95 bits per heavy atom. The van der Waals surface area contributed by atoms with Gasteiger partial charge in [-0.25, -0.2) is 4.79 Å². The molecule has 0 aromatic heterocycles. The van der Waals surface area contributed by atoms with Crippen LogP contribution in [0, 0.1) is 6.92 Å². The van der Waals surface area contributed by atoms with Gasteiger partial charge in [-0.05, 0) is 25.3 Å². The summed E-state index contributed by atoms with van der Waals surface area (Å²) in [4.78, 5) is 21.6. The first-order valence-corrected chi connectivity index (χ1v) is 6.37. The number of hydrogen-bond donors (Lipinski definition) is 3. The molecule has 0 radical (unpaired) electrons. The van der Waals surface area contributed by atoms with Crippen molar-refractivity contribution < 1.29 is 14.7 Å². The van der Waals surface area contributed by atoms with Crippen molar-refractivity contribution in [1.29, 1.82) is 0 Å². The summed E-state index contributed by atoms with van der Waals surface area (Å²) in [7, 11) is 0. The first-order chi connectivity index (χ1) is 9.08. The summed E-state index contributed by atoms with van der Waals surface area (Å²) in [6.45, 7) is 2.98. The monoisotopic (exact) mass is 264 g/mol. The summed E-state index contributed by atoms with van der Waals surface area (Å²) in [6, 6.07) is 7.90. The quantitative estimate of drug-likeness (QED) is 0.656. The zero-order valence-electron chi connectivity index (χ0n) is 11.1. The topological polar surface area (TPSA) is 78.4 Å². The molecule has 19 heavy (non-hydrogen) atoms. The van der Waals surface area contributed by atoms with Crippen LogP contribution in [0.5, 0.6) is 0 Å². The zero-order valence-corrected chi connectivity index (χ0v) is 11.1. The Kier molecular flexibility index (Phi) is 6.43. The molecule has 3 N–H and O–H groups in total. The third kappa shape index (κ3) is 7.08. The Morgan fingerprint density at radius 3 is 2.63 bits per heavy atom. The van der Waals surface area contributed by atoms with Gasteiger partial charge < -0.3 is 15.7 Å². The number of amides is 2. The predicted octanol–water partition coefficient (Wildman–Crippen LogP) is 1.70. The van der Waals surface area contributed by atoms with Crippen LogP contribution < -0.4 is 10.6 Å². The Balaban J connectivity index is 2.12. The molecule has 0 atom stereocenters. The molecule has 1 aromatic rings. The summed E-state index contributed by atoms with van der Waals surface area (Å²) >= 11 is 0. The second-order valence-electron chi connectivity index (χ2n) is 4.42. The van der Waals surface area contributed by atoms with Gasteiger partial charge in [0.2, 0.25) is 0 Å². The molecular weight excluding hydrogens is 244 g/mol. The maximum atomic E-state index is 11.4. The maximum Gasteiger partial charge on any atom is 0.314 e. The van der Waals surface area contributed by atoms with Gasteiger partial charge in [-0.15, -0.1) is 0 Å². The second kappa shape index (κ2) is 8.13. The van der Waals surface area contributed by atoms with Gasteiger partial charge in [-0.2, -0.15) is 0 Å². The van der Waals surface area contributed by atoms with Crippen molar-refractivity contribution in [3.8, 4) is 0 Å². The molecule has 0 aliphatic carbocycles. The van der Waals surface area contributed by atoms with Gasteiger partial charge in [-0.3, -0.25) is 4.79 Å². The van der Waals surface area contributed by atoms with E-state index in [2.05, 4.69) is 16.7 Å². The number of benzene rings is 1. The molecule has 0 unspecified atom stereocenters. The number of carboxylic acids is 1. The second-order valence-corrected chi connectivity index (χ2v) is 4.42. The van der Waals surface area contributed by atoms with Gasteiger partial charge in [0, 0.05) is 19.5 Å². The van der Waals surface area contributed by atoms with Crippen LogP contribution >= 0.6 is 0 Å². The number of hydrogen-bond acceptors (Lipinski definition) is 2. The van der Waals surface area contributed by atoms with Crippen LogP contribution in [-0.2, 0) is 11.2 Å². The van der Waals surface area contributed by atoms with Crippen LogP contribution in [0.2, 0.25) is 0 Å². The SMILES string of the molecule is Cc1cccc(CCNC(=O)NCCCC(=O)O)c1. The molecule has 0 fully saturated rings. The third-order valence-electron chi connectivity index (χ3n) is 2.63. The van der Waals surface area contributed by atoms with Crippen LogP contribution in [0.15, 0.2) is 24.3 Å². The molecular formula is C14H20N2O3.